The molecule has 0 saturated heterocycles. The predicted octanol–water partition coefficient (Wildman–Crippen LogP) is 4.18. The summed E-state index contributed by atoms with van der Waals surface area (Å²) in [4.78, 5) is 2.66. The largest absolute Gasteiger partial charge is 0.300 e. The van der Waals surface area contributed by atoms with Gasteiger partial charge in [-0.2, -0.15) is 0 Å². The topological polar surface area (TPSA) is 3.24 Å². The Labute approximate surface area is 103 Å². The molecule has 0 aliphatic heterocycles. The van der Waals surface area contributed by atoms with Gasteiger partial charge in [-0.3, -0.25) is 0 Å². The van der Waals surface area contributed by atoms with E-state index in [0.717, 1.165) is 29.8 Å². The van der Waals surface area contributed by atoms with Gasteiger partial charge in [-0.1, -0.05) is 34.1 Å². The van der Waals surface area contributed by atoms with Crippen molar-refractivity contribution in [1.29, 1.82) is 0 Å². The monoisotopic (exact) mass is 225 g/mol. The third-order valence-electron chi connectivity index (χ3n) is 4.59. The summed E-state index contributed by atoms with van der Waals surface area (Å²) in [6.07, 6.45) is 5.47. The van der Waals surface area contributed by atoms with Crippen molar-refractivity contribution < 1.29 is 0 Å². The SMILES string of the molecule is CCCC(C)N(C)C1C(C)CC(C)CC1C. The van der Waals surface area contributed by atoms with E-state index in [1.54, 1.807) is 0 Å². The lowest BCUT2D eigenvalue weighted by atomic mass is 9.73. The fourth-order valence-electron chi connectivity index (χ4n) is 3.92. The zero-order chi connectivity index (χ0) is 12.3. The van der Waals surface area contributed by atoms with Crippen molar-refractivity contribution in [2.24, 2.45) is 17.8 Å². The second kappa shape index (κ2) is 6.05. The summed E-state index contributed by atoms with van der Waals surface area (Å²) in [5.41, 5.74) is 0. The third kappa shape index (κ3) is 3.23. The highest BCUT2D eigenvalue weighted by Gasteiger charge is 2.34. The molecule has 0 radical (unpaired) electrons. The first kappa shape index (κ1) is 14.0. The van der Waals surface area contributed by atoms with E-state index in [4.69, 9.17) is 0 Å². The molecular weight excluding hydrogens is 194 g/mol. The Bertz CT molecular complexity index is 190. The van der Waals surface area contributed by atoms with Crippen molar-refractivity contribution in [1.82, 2.24) is 4.90 Å². The summed E-state index contributed by atoms with van der Waals surface area (Å²) >= 11 is 0. The molecule has 1 aliphatic carbocycles. The number of hydrogen-bond donors (Lipinski definition) is 0. The summed E-state index contributed by atoms with van der Waals surface area (Å²) in [6, 6.07) is 1.55. The van der Waals surface area contributed by atoms with Crippen LogP contribution >= 0.6 is 0 Å². The summed E-state index contributed by atoms with van der Waals surface area (Å²) in [5.74, 6) is 2.65. The van der Waals surface area contributed by atoms with Crippen LogP contribution in [0.5, 0.6) is 0 Å². The van der Waals surface area contributed by atoms with E-state index in [1.165, 1.54) is 25.7 Å². The quantitative estimate of drug-likeness (QED) is 0.694. The Balaban J connectivity index is 2.62. The number of nitrogens with zero attached hydrogens (tertiary/aromatic N) is 1. The van der Waals surface area contributed by atoms with Crippen molar-refractivity contribution in [2.45, 2.75) is 72.4 Å². The molecule has 0 bridgehead atoms. The van der Waals surface area contributed by atoms with Gasteiger partial charge in [0.25, 0.3) is 0 Å². The first-order chi connectivity index (χ1) is 7.47. The van der Waals surface area contributed by atoms with Gasteiger partial charge in [-0.05, 0) is 51.0 Å². The number of hydrogen-bond acceptors (Lipinski definition) is 1. The molecule has 0 aromatic heterocycles. The van der Waals surface area contributed by atoms with Gasteiger partial charge in [0, 0.05) is 12.1 Å². The van der Waals surface area contributed by atoms with Crippen LogP contribution in [0.3, 0.4) is 0 Å². The normalized spacial score (nSPS) is 37.7. The van der Waals surface area contributed by atoms with Gasteiger partial charge >= 0.3 is 0 Å². The molecule has 1 nitrogen and oxygen atoms in total. The molecular formula is C15H31N. The van der Waals surface area contributed by atoms with Gasteiger partial charge in [0.2, 0.25) is 0 Å². The Morgan fingerprint density at radius 2 is 1.62 bits per heavy atom. The van der Waals surface area contributed by atoms with Gasteiger partial charge in [-0.15, -0.1) is 0 Å². The highest BCUT2D eigenvalue weighted by atomic mass is 15.2. The molecule has 0 aromatic rings. The molecule has 1 fully saturated rings. The third-order valence-corrected chi connectivity index (χ3v) is 4.59. The van der Waals surface area contributed by atoms with Gasteiger partial charge in [0.05, 0.1) is 0 Å². The average Bonchev–Trinajstić information content (AvgIpc) is 2.16. The highest BCUT2D eigenvalue weighted by Crippen LogP contribution is 2.36. The lowest BCUT2D eigenvalue weighted by molar-refractivity contribution is 0.0416. The molecule has 1 aliphatic rings. The fourth-order valence-corrected chi connectivity index (χ4v) is 3.92. The average molecular weight is 225 g/mol. The minimum atomic E-state index is 0.744. The molecule has 0 N–H and O–H groups in total. The standard InChI is InChI=1S/C15H31N/c1-7-8-14(5)16(6)15-12(3)9-11(2)10-13(15)4/h11-15H,7-10H2,1-6H3. The predicted molar refractivity (Wildman–Crippen MR) is 72.6 cm³/mol. The van der Waals surface area contributed by atoms with Gasteiger partial charge in [-0.25, -0.2) is 0 Å². The van der Waals surface area contributed by atoms with Gasteiger partial charge in [0.15, 0.2) is 0 Å². The molecule has 3 atom stereocenters. The summed E-state index contributed by atoms with van der Waals surface area (Å²) < 4.78 is 0. The second-order valence-electron chi connectivity index (χ2n) is 6.32. The van der Waals surface area contributed by atoms with Crippen LogP contribution in [0.2, 0.25) is 0 Å². The molecule has 1 heteroatoms. The van der Waals surface area contributed by atoms with Crippen molar-refractivity contribution >= 4 is 0 Å². The number of rotatable bonds is 4. The van der Waals surface area contributed by atoms with Crippen molar-refractivity contribution in [3.05, 3.63) is 0 Å². The molecule has 0 heterocycles. The van der Waals surface area contributed by atoms with E-state index in [0.29, 0.717) is 0 Å². The maximum Gasteiger partial charge on any atom is 0.0146 e. The summed E-state index contributed by atoms with van der Waals surface area (Å²) in [5, 5.41) is 0. The molecule has 0 amide bonds. The molecule has 16 heavy (non-hydrogen) atoms. The van der Waals surface area contributed by atoms with Crippen LogP contribution in [0, 0.1) is 17.8 Å². The van der Waals surface area contributed by atoms with Crippen LogP contribution in [0.1, 0.15) is 60.3 Å². The summed E-state index contributed by atoms with van der Waals surface area (Å²) in [6.45, 7) is 12.0. The molecule has 0 aromatic carbocycles. The van der Waals surface area contributed by atoms with Gasteiger partial charge < -0.3 is 4.90 Å². The molecule has 96 valence electrons. The minimum absolute atomic E-state index is 0.744. The van der Waals surface area contributed by atoms with Crippen LogP contribution < -0.4 is 0 Å². The Morgan fingerprint density at radius 3 is 2.06 bits per heavy atom. The van der Waals surface area contributed by atoms with Crippen LogP contribution in [0.15, 0.2) is 0 Å². The van der Waals surface area contributed by atoms with E-state index < -0.39 is 0 Å². The van der Waals surface area contributed by atoms with E-state index in [9.17, 15) is 0 Å². The maximum atomic E-state index is 2.66. The fraction of sp³-hybridized carbons (Fsp3) is 1.00. The maximum absolute atomic E-state index is 2.66. The minimum Gasteiger partial charge on any atom is -0.300 e. The first-order valence-corrected chi connectivity index (χ1v) is 7.19. The molecule has 0 spiro atoms. The van der Waals surface area contributed by atoms with E-state index >= 15 is 0 Å². The van der Waals surface area contributed by atoms with Crippen LogP contribution in [0.4, 0.5) is 0 Å². The Hall–Kier alpha value is -0.0400. The summed E-state index contributed by atoms with van der Waals surface area (Å²) in [7, 11) is 2.34. The Morgan fingerprint density at radius 1 is 1.12 bits per heavy atom. The van der Waals surface area contributed by atoms with Crippen LogP contribution in [-0.2, 0) is 0 Å². The molecule has 1 rings (SSSR count). The van der Waals surface area contributed by atoms with Crippen molar-refractivity contribution in [3.63, 3.8) is 0 Å². The van der Waals surface area contributed by atoms with Crippen LogP contribution in [-0.4, -0.2) is 24.0 Å². The zero-order valence-corrected chi connectivity index (χ0v) is 12.2. The van der Waals surface area contributed by atoms with E-state index in [2.05, 4.69) is 46.6 Å². The first-order valence-electron chi connectivity index (χ1n) is 7.19. The smallest absolute Gasteiger partial charge is 0.0146 e. The van der Waals surface area contributed by atoms with E-state index in [-0.39, 0.29) is 0 Å². The van der Waals surface area contributed by atoms with Crippen molar-refractivity contribution in [3.8, 4) is 0 Å². The van der Waals surface area contributed by atoms with Gasteiger partial charge in [0.1, 0.15) is 0 Å². The van der Waals surface area contributed by atoms with Crippen LogP contribution in [0.25, 0.3) is 0 Å². The molecule has 3 unspecified atom stereocenters. The Kier molecular flexibility index (Phi) is 5.30. The highest BCUT2D eigenvalue weighted by molar-refractivity contribution is 4.88. The zero-order valence-electron chi connectivity index (χ0n) is 12.2. The van der Waals surface area contributed by atoms with Crippen molar-refractivity contribution in [2.75, 3.05) is 7.05 Å². The lowest BCUT2D eigenvalue weighted by Gasteiger charge is -2.45. The van der Waals surface area contributed by atoms with E-state index in [1.807, 2.05) is 0 Å². The second-order valence-corrected chi connectivity index (χ2v) is 6.32. The lowest BCUT2D eigenvalue weighted by Crippen LogP contribution is -2.49. The molecule has 1 saturated carbocycles.